The monoisotopic (exact) mass is 320 g/mol. The van der Waals surface area contributed by atoms with Gasteiger partial charge in [-0.2, -0.15) is 9.40 Å². The summed E-state index contributed by atoms with van der Waals surface area (Å²) in [6.07, 6.45) is 4.43. The Morgan fingerprint density at radius 1 is 1.18 bits per heavy atom. The number of rotatable bonds is 4. The van der Waals surface area contributed by atoms with E-state index < -0.39 is 10.0 Å². The van der Waals surface area contributed by atoms with Gasteiger partial charge in [0.1, 0.15) is 4.90 Å². The van der Waals surface area contributed by atoms with Crippen LogP contribution in [0.2, 0.25) is 0 Å². The number of aromatic nitrogens is 2. The Morgan fingerprint density at radius 2 is 1.86 bits per heavy atom. The Hall–Kier alpha value is -1.70. The average Bonchev–Trinajstić information content (AvgIpc) is 2.98. The second-order valence-electron chi connectivity index (χ2n) is 5.60. The van der Waals surface area contributed by atoms with E-state index in [0.717, 1.165) is 5.56 Å². The number of hydrogen-bond donors (Lipinski definition) is 1. The number of hydrogen-bond acceptors (Lipinski definition) is 4. The van der Waals surface area contributed by atoms with Crippen LogP contribution in [0.15, 0.2) is 47.6 Å². The summed E-state index contributed by atoms with van der Waals surface area (Å²) in [5, 5.41) is 4.17. The van der Waals surface area contributed by atoms with Crippen molar-refractivity contribution in [3.8, 4) is 0 Å². The van der Waals surface area contributed by atoms with E-state index in [4.69, 9.17) is 5.73 Å². The molecule has 6 nitrogen and oxygen atoms in total. The van der Waals surface area contributed by atoms with Gasteiger partial charge in [-0.25, -0.2) is 8.42 Å². The maximum Gasteiger partial charge on any atom is 0.246 e. The molecule has 7 heteroatoms. The van der Waals surface area contributed by atoms with Gasteiger partial charge in [-0.3, -0.25) is 4.68 Å². The number of piperidine rings is 1. The van der Waals surface area contributed by atoms with Crippen molar-refractivity contribution < 1.29 is 8.42 Å². The largest absolute Gasteiger partial charge is 0.328 e. The van der Waals surface area contributed by atoms with Crippen LogP contribution in [-0.4, -0.2) is 41.6 Å². The maximum atomic E-state index is 12.6. The number of nitrogens with two attached hydrogens (primary N) is 1. The van der Waals surface area contributed by atoms with Crippen LogP contribution in [0.25, 0.3) is 0 Å². The highest BCUT2D eigenvalue weighted by Gasteiger charge is 2.29. The third kappa shape index (κ3) is 3.21. The Bertz CT molecular complexity index is 719. The number of benzene rings is 1. The minimum Gasteiger partial charge on any atom is -0.328 e. The highest BCUT2D eigenvalue weighted by molar-refractivity contribution is 7.89. The van der Waals surface area contributed by atoms with E-state index >= 15 is 0 Å². The van der Waals surface area contributed by atoms with Crippen molar-refractivity contribution in [1.82, 2.24) is 14.1 Å². The van der Waals surface area contributed by atoms with Gasteiger partial charge in [0.2, 0.25) is 10.0 Å². The molecule has 22 heavy (non-hydrogen) atoms. The Labute approximate surface area is 130 Å². The van der Waals surface area contributed by atoms with E-state index in [1.54, 1.807) is 10.9 Å². The van der Waals surface area contributed by atoms with Crippen LogP contribution in [0.5, 0.6) is 0 Å². The fourth-order valence-electron chi connectivity index (χ4n) is 2.60. The van der Waals surface area contributed by atoms with Crippen LogP contribution < -0.4 is 5.73 Å². The molecule has 3 rings (SSSR count). The fraction of sp³-hybridized carbons (Fsp3) is 0.400. The van der Waals surface area contributed by atoms with Crippen molar-refractivity contribution in [3.05, 3.63) is 48.3 Å². The molecular formula is C15H20N4O2S. The molecule has 1 aliphatic heterocycles. The summed E-state index contributed by atoms with van der Waals surface area (Å²) in [6, 6.07) is 9.93. The smallest absolute Gasteiger partial charge is 0.246 e. The van der Waals surface area contributed by atoms with Crippen molar-refractivity contribution in [2.24, 2.45) is 5.73 Å². The first-order valence-electron chi connectivity index (χ1n) is 7.38. The quantitative estimate of drug-likeness (QED) is 0.913. The number of nitrogens with zero attached hydrogens (tertiary/aromatic N) is 3. The zero-order valence-electron chi connectivity index (χ0n) is 12.3. The molecule has 1 saturated heterocycles. The van der Waals surface area contributed by atoms with E-state index in [-0.39, 0.29) is 10.9 Å². The highest BCUT2D eigenvalue weighted by atomic mass is 32.2. The lowest BCUT2D eigenvalue weighted by atomic mass is 10.1. The molecule has 0 unspecified atom stereocenters. The topological polar surface area (TPSA) is 81.2 Å². The normalized spacial score (nSPS) is 17.7. The van der Waals surface area contributed by atoms with Crippen molar-refractivity contribution >= 4 is 10.0 Å². The van der Waals surface area contributed by atoms with Gasteiger partial charge in [-0.1, -0.05) is 30.3 Å². The van der Waals surface area contributed by atoms with Crippen molar-refractivity contribution in [2.75, 3.05) is 13.1 Å². The zero-order valence-corrected chi connectivity index (χ0v) is 13.1. The minimum absolute atomic E-state index is 0.104. The van der Waals surface area contributed by atoms with Gasteiger partial charge in [0.15, 0.2) is 0 Å². The molecule has 0 amide bonds. The zero-order chi connectivity index (χ0) is 15.6. The molecule has 0 atom stereocenters. The summed E-state index contributed by atoms with van der Waals surface area (Å²) in [5.41, 5.74) is 6.91. The molecule has 1 aromatic heterocycles. The average molecular weight is 320 g/mol. The lowest BCUT2D eigenvalue weighted by Crippen LogP contribution is -2.42. The van der Waals surface area contributed by atoms with E-state index in [2.05, 4.69) is 5.10 Å². The van der Waals surface area contributed by atoms with Crippen LogP contribution >= 0.6 is 0 Å². The molecule has 2 N–H and O–H groups in total. The van der Waals surface area contributed by atoms with Gasteiger partial charge in [0, 0.05) is 25.3 Å². The summed E-state index contributed by atoms with van der Waals surface area (Å²) in [6.45, 7) is 1.52. The molecule has 1 aromatic carbocycles. The maximum absolute atomic E-state index is 12.6. The Kier molecular flexibility index (Phi) is 4.28. The van der Waals surface area contributed by atoms with Crippen LogP contribution in [0, 0.1) is 0 Å². The predicted octanol–water partition coefficient (Wildman–Crippen LogP) is 1.04. The lowest BCUT2D eigenvalue weighted by molar-refractivity contribution is 0.320. The highest BCUT2D eigenvalue weighted by Crippen LogP contribution is 2.20. The van der Waals surface area contributed by atoms with Crippen molar-refractivity contribution in [2.45, 2.75) is 30.3 Å². The third-order valence-corrected chi connectivity index (χ3v) is 5.78. The second kappa shape index (κ2) is 6.20. The van der Waals surface area contributed by atoms with Gasteiger partial charge < -0.3 is 5.73 Å². The lowest BCUT2D eigenvalue weighted by Gasteiger charge is -2.28. The van der Waals surface area contributed by atoms with Crippen LogP contribution in [0.1, 0.15) is 18.4 Å². The molecule has 1 fully saturated rings. The molecule has 2 aromatic rings. The Morgan fingerprint density at radius 3 is 2.55 bits per heavy atom. The van der Waals surface area contributed by atoms with Crippen molar-refractivity contribution in [3.63, 3.8) is 0 Å². The van der Waals surface area contributed by atoms with Crippen LogP contribution in [0.4, 0.5) is 0 Å². The summed E-state index contributed by atoms with van der Waals surface area (Å²) in [4.78, 5) is 0.249. The van der Waals surface area contributed by atoms with E-state index in [1.165, 1.54) is 10.5 Å². The molecular weight excluding hydrogens is 300 g/mol. The Balaban J connectivity index is 1.75. The number of sulfonamides is 1. The van der Waals surface area contributed by atoms with Gasteiger partial charge in [-0.15, -0.1) is 0 Å². The molecule has 2 heterocycles. The van der Waals surface area contributed by atoms with Crippen LogP contribution in [-0.2, 0) is 16.6 Å². The van der Waals surface area contributed by atoms with E-state index in [1.807, 2.05) is 30.3 Å². The second-order valence-corrected chi connectivity index (χ2v) is 7.54. The first kappa shape index (κ1) is 15.2. The first-order valence-corrected chi connectivity index (χ1v) is 8.82. The summed E-state index contributed by atoms with van der Waals surface area (Å²) in [5.74, 6) is 0. The summed E-state index contributed by atoms with van der Waals surface area (Å²) >= 11 is 0. The van der Waals surface area contributed by atoms with E-state index in [9.17, 15) is 8.42 Å². The molecule has 1 aliphatic rings. The molecule has 0 saturated carbocycles. The minimum atomic E-state index is -3.46. The first-order chi connectivity index (χ1) is 10.6. The van der Waals surface area contributed by atoms with Gasteiger partial charge >= 0.3 is 0 Å². The predicted molar refractivity (Wildman–Crippen MR) is 83.7 cm³/mol. The molecule has 118 valence electrons. The molecule has 0 aliphatic carbocycles. The molecule has 0 radical (unpaired) electrons. The van der Waals surface area contributed by atoms with E-state index in [0.29, 0.717) is 32.5 Å². The van der Waals surface area contributed by atoms with Crippen molar-refractivity contribution in [1.29, 1.82) is 0 Å². The summed E-state index contributed by atoms with van der Waals surface area (Å²) < 4.78 is 28.3. The SMILES string of the molecule is NC1CCN(S(=O)(=O)c2cnn(Cc3ccccc3)c2)CC1. The standard InChI is InChI=1S/C15H20N4O2S/c16-14-6-8-19(9-7-14)22(20,21)15-10-17-18(12-15)11-13-4-2-1-3-5-13/h1-5,10,12,14H,6-9,11,16H2. The molecule has 0 bridgehead atoms. The summed E-state index contributed by atoms with van der Waals surface area (Å²) in [7, 11) is -3.46. The van der Waals surface area contributed by atoms with Gasteiger partial charge in [0.25, 0.3) is 0 Å². The van der Waals surface area contributed by atoms with Crippen LogP contribution in [0.3, 0.4) is 0 Å². The third-order valence-electron chi connectivity index (χ3n) is 3.93. The van der Waals surface area contributed by atoms with Gasteiger partial charge in [0.05, 0.1) is 12.7 Å². The fourth-order valence-corrected chi connectivity index (χ4v) is 4.02. The van der Waals surface area contributed by atoms with Gasteiger partial charge in [-0.05, 0) is 18.4 Å². The molecule has 0 spiro atoms.